The number of nitrogens with zero attached hydrogens (tertiary/aromatic N) is 8. The van der Waals surface area contributed by atoms with E-state index in [0.29, 0.717) is 0 Å². The van der Waals surface area contributed by atoms with Crippen LogP contribution in [0, 0.1) is 0 Å². The molecule has 10 atom stereocenters. The van der Waals surface area contributed by atoms with E-state index < -0.39 is 82.6 Å². The molecule has 2 bridgehead atoms. The average molecular weight is 718 g/mol. The normalized spacial score (nSPS) is 36.8. The Kier molecular flexibility index (Phi) is 7.30. The molecular weight excluding hydrogens is 696 g/mol. The molecule has 47 heavy (non-hydrogen) atoms. The third-order valence-electron chi connectivity index (χ3n) is 7.86. The Hall–Kier alpha value is -3.37. The van der Waals surface area contributed by atoms with E-state index in [2.05, 4.69) is 42.2 Å². The van der Waals surface area contributed by atoms with Gasteiger partial charge in [-0.05, 0) is 0 Å². The van der Waals surface area contributed by atoms with Crippen molar-refractivity contribution in [1.82, 2.24) is 43.4 Å². The first-order chi connectivity index (χ1) is 22.4. The van der Waals surface area contributed by atoms with Gasteiger partial charge in [-0.25, -0.2) is 42.8 Å². The molecule has 4 N–H and O–H groups in total. The number of thiol groups is 1. The van der Waals surface area contributed by atoms with Crippen molar-refractivity contribution in [3.63, 3.8) is 0 Å². The van der Waals surface area contributed by atoms with Crippen molar-refractivity contribution in [3.8, 4) is 0 Å². The molecule has 250 valence electrons. The summed E-state index contributed by atoms with van der Waals surface area (Å²) in [5.41, 5.74) is 5.49. The van der Waals surface area contributed by atoms with Gasteiger partial charge in [0.05, 0.1) is 25.9 Å². The zero-order chi connectivity index (χ0) is 32.8. The van der Waals surface area contributed by atoms with E-state index in [-0.39, 0.29) is 33.9 Å². The highest BCUT2D eigenvalue weighted by atomic mass is 32.7. The lowest BCUT2D eigenvalue weighted by Crippen LogP contribution is -2.34. The van der Waals surface area contributed by atoms with Crippen LogP contribution >= 0.6 is 26.9 Å². The average Bonchev–Trinajstić information content (AvgIpc) is 3.84. The van der Waals surface area contributed by atoms with Gasteiger partial charge in [-0.2, -0.15) is 0 Å². The predicted molar refractivity (Wildman–Crippen MR) is 155 cm³/mol. The summed E-state index contributed by atoms with van der Waals surface area (Å²) in [6.45, 7) is -6.22. The molecule has 0 aliphatic carbocycles. The summed E-state index contributed by atoms with van der Waals surface area (Å²) in [6, 6.07) is 0. The maximum Gasteiger partial charge on any atom is 0.472 e. The molecular formula is C22H22F2N10O10P2S. The summed E-state index contributed by atoms with van der Waals surface area (Å²) in [6.07, 6.45) is -7.74. The van der Waals surface area contributed by atoms with E-state index in [0.717, 1.165) is 6.33 Å². The number of nitrogens with two attached hydrogens (primary N) is 1. The molecule has 8 rings (SSSR count). The van der Waals surface area contributed by atoms with Crippen molar-refractivity contribution < 1.29 is 50.4 Å². The number of hydrogen-bond donors (Lipinski definition) is 4. The Morgan fingerprint density at radius 2 is 1.68 bits per heavy atom. The number of nitrogens with one attached hydrogen (secondary N) is 1. The van der Waals surface area contributed by atoms with E-state index >= 15 is 8.78 Å². The zero-order valence-electron chi connectivity index (χ0n) is 23.3. The van der Waals surface area contributed by atoms with Gasteiger partial charge in [0, 0.05) is 12.4 Å². The van der Waals surface area contributed by atoms with Crippen molar-refractivity contribution in [2.45, 2.75) is 49.2 Å². The number of imidazole rings is 3. The van der Waals surface area contributed by atoms with Crippen LogP contribution in [0.25, 0.3) is 28.1 Å². The van der Waals surface area contributed by atoms with Gasteiger partial charge < -0.3 is 20.1 Å². The fourth-order valence-corrected chi connectivity index (χ4v) is 8.18. The molecule has 5 aromatic rings. The van der Waals surface area contributed by atoms with Gasteiger partial charge in [0.25, 0.3) is 5.56 Å². The van der Waals surface area contributed by atoms with Crippen LogP contribution in [-0.2, 0) is 36.7 Å². The summed E-state index contributed by atoms with van der Waals surface area (Å²) < 4.78 is 95.3. The van der Waals surface area contributed by atoms with Gasteiger partial charge in [0.2, 0.25) is 5.78 Å². The fourth-order valence-electron chi connectivity index (χ4n) is 5.77. The number of aromatic amines is 1. The van der Waals surface area contributed by atoms with Gasteiger partial charge in [0.1, 0.15) is 36.3 Å². The minimum atomic E-state index is -5.16. The molecule has 3 aliphatic rings. The number of aromatic nitrogens is 9. The van der Waals surface area contributed by atoms with Crippen molar-refractivity contribution >= 4 is 60.8 Å². The Morgan fingerprint density at radius 1 is 0.936 bits per heavy atom. The molecule has 2 unspecified atom stereocenters. The lowest BCUT2D eigenvalue weighted by atomic mass is 10.1. The number of alkyl halides is 2. The number of fused-ring (bicyclic) bond motifs is 7. The minimum Gasteiger partial charge on any atom is -0.382 e. The van der Waals surface area contributed by atoms with E-state index in [4.69, 9.17) is 33.3 Å². The molecule has 3 fully saturated rings. The number of ether oxygens (including phenoxy) is 2. The number of nitrogen functional groups attached to an aromatic ring is 1. The second-order valence-electron chi connectivity index (χ2n) is 10.7. The van der Waals surface area contributed by atoms with Gasteiger partial charge in [-0.15, -0.1) is 0 Å². The van der Waals surface area contributed by atoms with Crippen LogP contribution in [-0.4, -0.2) is 98.3 Å². The van der Waals surface area contributed by atoms with Crippen molar-refractivity contribution in [2.75, 3.05) is 18.9 Å². The Balaban J connectivity index is 1.13. The first-order valence-electron chi connectivity index (χ1n) is 13.7. The zero-order valence-corrected chi connectivity index (χ0v) is 26.0. The topological polar surface area (TPSA) is 247 Å². The number of H-pyrrole nitrogens is 1. The second-order valence-corrected chi connectivity index (χ2v) is 15.0. The van der Waals surface area contributed by atoms with Crippen molar-refractivity contribution in [1.29, 1.82) is 0 Å². The molecule has 0 radical (unpaired) electrons. The summed E-state index contributed by atoms with van der Waals surface area (Å²) in [5.74, 6) is 0.146. The lowest BCUT2D eigenvalue weighted by molar-refractivity contribution is -0.0611. The first-order valence-corrected chi connectivity index (χ1v) is 17.9. The van der Waals surface area contributed by atoms with Gasteiger partial charge >= 0.3 is 14.6 Å². The lowest BCUT2D eigenvalue weighted by Gasteiger charge is -2.26. The molecule has 20 nitrogen and oxygen atoms in total. The van der Waals surface area contributed by atoms with E-state index in [1.54, 1.807) is 0 Å². The van der Waals surface area contributed by atoms with Crippen molar-refractivity contribution in [3.05, 3.63) is 41.7 Å². The van der Waals surface area contributed by atoms with Crippen LogP contribution in [0.1, 0.15) is 12.5 Å². The summed E-state index contributed by atoms with van der Waals surface area (Å²) in [7, 11) is -5.16. The number of halogens is 2. The van der Waals surface area contributed by atoms with Crippen LogP contribution in [0.2, 0.25) is 0 Å². The van der Waals surface area contributed by atoms with Gasteiger partial charge in [-0.1, -0.05) is 12.2 Å². The molecule has 3 saturated heterocycles. The van der Waals surface area contributed by atoms with Crippen LogP contribution in [0.15, 0.2) is 36.2 Å². The maximum absolute atomic E-state index is 16.0. The van der Waals surface area contributed by atoms with E-state index in [1.807, 2.05) is 0 Å². The molecule has 5 aromatic heterocycles. The Labute approximate surface area is 264 Å². The molecule has 8 heterocycles. The summed E-state index contributed by atoms with van der Waals surface area (Å²) in [4.78, 5) is 45.9. The van der Waals surface area contributed by atoms with E-state index in [9.17, 15) is 18.8 Å². The highest BCUT2D eigenvalue weighted by Gasteiger charge is 2.54. The number of rotatable bonds is 2. The van der Waals surface area contributed by atoms with Gasteiger partial charge in [-0.3, -0.25) is 41.4 Å². The molecule has 0 aromatic carbocycles. The monoisotopic (exact) mass is 718 g/mol. The fraction of sp³-hybridized carbons (Fsp3) is 0.455. The molecule has 25 heteroatoms. The largest absolute Gasteiger partial charge is 0.472 e. The smallest absolute Gasteiger partial charge is 0.382 e. The third-order valence-corrected chi connectivity index (χ3v) is 10.5. The van der Waals surface area contributed by atoms with Crippen LogP contribution < -0.4 is 11.3 Å². The molecule has 3 aliphatic heterocycles. The van der Waals surface area contributed by atoms with Gasteiger partial charge in [0.15, 0.2) is 47.4 Å². The maximum atomic E-state index is 16.0. The molecule has 0 amide bonds. The second kappa shape index (κ2) is 11.1. The SMILES string of the molecule is Nc1ncnc2c1ncn2[C@@H]1O[C@@H]2COP(=O)(S)O[C@@H]3[C@H](F)[C@@H](COP(=O)(O)O[C@H]2[C@H]1F)O[C@H]3n1cnc2c(=O)[nH]c3nccn3c21. The highest BCUT2D eigenvalue weighted by Crippen LogP contribution is 2.58. The number of anilines is 1. The Bertz CT molecular complexity index is 2180. The molecule has 0 spiro atoms. The number of phosphoric acid groups is 1. The number of phosphoric ester groups is 1. The van der Waals surface area contributed by atoms with E-state index in [1.165, 1.54) is 38.6 Å². The van der Waals surface area contributed by atoms with Crippen molar-refractivity contribution in [2.24, 2.45) is 0 Å². The number of hydrogen-bond acceptors (Lipinski definition) is 15. The highest BCUT2D eigenvalue weighted by molar-refractivity contribution is 8.44. The quantitative estimate of drug-likeness (QED) is 0.148. The minimum absolute atomic E-state index is 0.0111. The molecule has 0 saturated carbocycles. The van der Waals surface area contributed by atoms with Crippen LogP contribution in [0.4, 0.5) is 14.6 Å². The standard InChI is InChI=1S/C22H22F2N10O10P2S/c23-10-8-3-39-45(36,37)43-14-9(42-20(11(14)24)33-6-29-12-16(25)27-5-28-17(12)33)4-40-46(38,47)44-15(10)21(41-8)34-7-30-13-18(35)31-22-26-1-2-32(22)19(13)34/h1-2,5-11,14-15,20-21H,3-4H2,(H,36,37)(H,38,47)(H2,25,27,28)(H,26,31,35)/t8-,9-,10-,11-,14-,15-,20-,21-,46?/m1/s1. The predicted octanol–water partition coefficient (Wildman–Crippen LogP) is 1.22. The van der Waals surface area contributed by atoms with Crippen LogP contribution in [0.3, 0.4) is 0 Å². The van der Waals surface area contributed by atoms with Crippen LogP contribution in [0.5, 0.6) is 0 Å². The Morgan fingerprint density at radius 3 is 2.51 bits per heavy atom. The summed E-state index contributed by atoms with van der Waals surface area (Å²) in [5, 5.41) is 0. The summed E-state index contributed by atoms with van der Waals surface area (Å²) >= 11 is 4.01. The first kappa shape index (κ1) is 30.9. The third kappa shape index (κ3) is 5.17.